The molecule has 5 heterocycles. The molecule has 0 bridgehead atoms. The lowest BCUT2D eigenvalue weighted by Crippen LogP contribution is -2.48. The number of aromatic nitrogens is 3. The van der Waals surface area contributed by atoms with Crippen molar-refractivity contribution in [2.45, 2.75) is 63.5 Å². The van der Waals surface area contributed by atoms with Crippen LogP contribution in [0.5, 0.6) is 5.88 Å². The standard InChI is InChI=1S/C33H42N8O4S/c1-21(23-8-6-12-39(23)3)44-28-19-27(40-13-15-41(16-14-40)29(42)10-7-17-43-4)36-32(37-28)24-18-26(38-45-24)33(2)11-5-9-25-30(33)22(20-34)31(35)46-25/h7,10,18-19,21,23H,5-6,8-9,11-17,35H2,1-4H3/b10-7+/t21-,23-,33+/m0/s1. The van der Waals surface area contributed by atoms with Crippen LogP contribution in [0.3, 0.4) is 0 Å². The summed E-state index contributed by atoms with van der Waals surface area (Å²) < 4.78 is 17.4. The fraction of sp³-hybridized carbons (Fsp3) is 0.545. The van der Waals surface area contributed by atoms with E-state index in [4.69, 9.17) is 29.7 Å². The smallest absolute Gasteiger partial charge is 0.246 e. The summed E-state index contributed by atoms with van der Waals surface area (Å²) in [5.74, 6) is 1.95. The highest BCUT2D eigenvalue weighted by Gasteiger charge is 2.41. The van der Waals surface area contributed by atoms with Gasteiger partial charge in [-0.1, -0.05) is 11.2 Å². The van der Waals surface area contributed by atoms with Crippen molar-refractivity contribution in [1.82, 2.24) is 24.9 Å². The molecule has 0 unspecified atom stereocenters. The highest BCUT2D eigenvalue weighted by Crippen LogP contribution is 2.49. The summed E-state index contributed by atoms with van der Waals surface area (Å²) in [6, 6.07) is 6.40. The van der Waals surface area contributed by atoms with Crippen molar-refractivity contribution in [3.05, 3.63) is 46.0 Å². The Hall–Kier alpha value is -3.99. The second-order valence-electron chi connectivity index (χ2n) is 12.6. The number of amides is 1. The van der Waals surface area contributed by atoms with E-state index in [0.717, 1.165) is 54.8 Å². The SMILES string of the molecule is COC/C=C/C(=O)N1CCN(c2cc(O[C@@H](C)[C@@H]3CCCN3C)nc(-c3cc([C@@]4(C)CCCc5sc(N)c(C#N)c54)no3)n2)CC1. The maximum atomic E-state index is 12.6. The van der Waals surface area contributed by atoms with Gasteiger partial charge >= 0.3 is 0 Å². The van der Waals surface area contributed by atoms with Gasteiger partial charge in [-0.3, -0.25) is 9.69 Å². The molecule has 244 valence electrons. The molecule has 3 aromatic rings. The molecular weight excluding hydrogens is 604 g/mol. The van der Waals surface area contributed by atoms with Gasteiger partial charge in [-0.05, 0) is 65.1 Å². The third kappa shape index (κ3) is 6.21. The maximum absolute atomic E-state index is 12.6. The lowest BCUT2D eigenvalue weighted by Gasteiger charge is -2.35. The largest absolute Gasteiger partial charge is 0.473 e. The maximum Gasteiger partial charge on any atom is 0.246 e. The molecular formula is C33H42N8O4S. The number of hydrogen-bond acceptors (Lipinski definition) is 12. The van der Waals surface area contributed by atoms with Crippen LogP contribution in [0, 0.1) is 11.3 Å². The molecule has 13 heteroatoms. The number of thiophene rings is 1. The number of hydrogen-bond donors (Lipinski definition) is 1. The van der Waals surface area contributed by atoms with Crippen LogP contribution >= 0.6 is 11.3 Å². The Bertz CT molecular complexity index is 1640. The quantitative estimate of drug-likeness (QED) is 0.337. The van der Waals surface area contributed by atoms with Crippen LogP contribution in [-0.4, -0.2) is 96.5 Å². The number of likely N-dealkylation sites (N-methyl/N-ethyl adjacent to an activating group) is 1. The summed E-state index contributed by atoms with van der Waals surface area (Å²) in [7, 11) is 3.73. The predicted molar refractivity (Wildman–Crippen MR) is 176 cm³/mol. The molecule has 2 fully saturated rings. The van der Waals surface area contributed by atoms with E-state index in [0.29, 0.717) is 72.7 Å². The van der Waals surface area contributed by atoms with Gasteiger partial charge in [-0.2, -0.15) is 10.2 Å². The van der Waals surface area contributed by atoms with Crippen molar-refractivity contribution >= 4 is 28.1 Å². The van der Waals surface area contributed by atoms with Gasteiger partial charge in [0.15, 0.2) is 0 Å². The number of aryl methyl sites for hydroxylation is 1. The zero-order valence-electron chi connectivity index (χ0n) is 27.0. The van der Waals surface area contributed by atoms with E-state index >= 15 is 0 Å². The van der Waals surface area contributed by atoms with E-state index in [9.17, 15) is 10.1 Å². The van der Waals surface area contributed by atoms with Crippen molar-refractivity contribution in [1.29, 1.82) is 5.26 Å². The number of nitriles is 1. The van der Waals surface area contributed by atoms with Gasteiger partial charge in [-0.25, -0.2) is 4.98 Å². The summed E-state index contributed by atoms with van der Waals surface area (Å²) in [4.78, 5) is 29.8. The molecule has 0 saturated carbocycles. The molecule has 3 aliphatic rings. The molecule has 3 aromatic heterocycles. The number of nitrogens with zero attached hydrogens (tertiary/aromatic N) is 7. The summed E-state index contributed by atoms with van der Waals surface area (Å²) in [5.41, 5.74) is 7.96. The van der Waals surface area contributed by atoms with E-state index in [2.05, 4.69) is 41.9 Å². The summed E-state index contributed by atoms with van der Waals surface area (Å²) in [6.07, 6.45) is 8.12. The molecule has 2 saturated heterocycles. The molecule has 0 spiro atoms. The lowest BCUT2D eigenvalue weighted by molar-refractivity contribution is -0.126. The Balaban J connectivity index is 1.30. The van der Waals surface area contributed by atoms with E-state index < -0.39 is 5.41 Å². The van der Waals surface area contributed by atoms with Crippen LogP contribution in [0.15, 0.2) is 28.8 Å². The molecule has 0 radical (unpaired) electrons. The first kappa shape index (κ1) is 32.0. The summed E-state index contributed by atoms with van der Waals surface area (Å²) in [5, 5.41) is 15.0. The van der Waals surface area contributed by atoms with Crippen molar-refractivity contribution < 1.29 is 18.8 Å². The van der Waals surface area contributed by atoms with Crippen LogP contribution in [-0.2, 0) is 21.4 Å². The van der Waals surface area contributed by atoms with Crippen molar-refractivity contribution in [2.75, 3.05) is 64.1 Å². The molecule has 3 atom stereocenters. The minimum Gasteiger partial charge on any atom is -0.473 e. The Morgan fingerprint density at radius 1 is 1.26 bits per heavy atom. The predicted octanol–water partition coefficient (Wildman–Crippen LogP) is 4.00. The molecule has 46 heavy (non-hydrogen) atoms. The second-order valence-corrected chi connectivity index (χ2v) is 13.7. The number of rotatable bonds is 9. The Kier molecular flexibility index (Phi) is 9.31. The van der Waals surface area contributed by atoms with Crippen LogP contribution < -0.4 is 15.4 Å². The van der Waals surface area contributed by atoms with E-state index in [1.165, 1.54) is 11.3 Å². The molecule has 1 aliphatic carbocycles. The monoisotopic (exact) mass is 646 g/mol. The number of carbonyl (C=O) groups is 1. The third-order valence-electron chi connectivity index (χ3n) is 9.60. The fourth-order valence-electron chi connectivity index (χ4n) is 7.04. The Labute approximate surface area is 273 Å². The Morgan fingerprint density at radius 3 is 2.78 bits per heavy atom. The van der Waals surface area contributed by atoms with Gasteiger partial charge in [-0.15, -0.1) is 11.3 Å². The van der Waals surface area contributed by atoms with Gasteiger partial charge in [0.1, 0.15) is 23.0 Å². The van der Waals surface area contributed by atoms with Crippen LogP contribution in [0.2, 0.25) is 0 Å². The topological polar surface area (TPSA) is 147 Å². The summed E-state index contributed by atoms with van der Waals surface area (Å²) >= 11 is 1.50. The highest BCUT2D eigenvalue weighted by atomic mass is 32.1. The van der Waals surface area contributed by atoms with Gasteiger partial charge in [0.25, 0.3) is 0 Å². The number of nitrogen functional groups attached to an aromatic ring is 1. The van der Waals surface area contributed by atoms with Gasteiger partial charge in [0.2, 0.25) is 23.4 Å². The molecule has 1 amide bonds. The first-order valence-corrected chi connectivity index (χ1v) is 16.8. The first-order valence-electron chi connectivity index (χ1n) is 16.0. The number of nitrogens with two attached hydrogens (primary N) is 1. The van der Waals surface area contributed by atoms with Gasteiger partial charge in [0, 0.05) is 67.8 Å². The number of methoxy groups -OCH3 is 1. The molecule has 12 nitrogen and oxygen atoms in total. The summed E-state index contributed by atoms with van der Waals surface area (Å²) in [6.45, 7) is 7.99. The minimum absolute atomic E-state index is 0.0286. The van der Waals surface area contributed by atoms with E-state index in [1.54, 1.807) is 19.3 Å². The fourth-order valence-corrected chi connectivity index (χ4v) is 8.23. The highest BCUT2D eigenvalue weighted by molar-refractivity contribution is 7.16. The molecule has 2 N–H and O–H groups in total. The van der Waals surface area contributed by atoms with Gasteiger partial charge < -0.3 is 29.5 Å². The van der Waals surface area contributed by atoms with E-state index in [-0.39, 0.29) is 12.0 Å². The molecule has 0 aromatic carbocycles. The zero-order chi connectivity index (χ0) is 32.4. The first-order chi connectivity index (χ1) is 22.2. The number of carbonyl (C=O) groups excluding carboxylic acids is 1. The van der Waals surface area contributed by atoms with E-state index in [1.807, 2.05) is 17.0 Å². The number of piperazine rings is 1. The third-order valence-corrected chi connectivity index (χ3v) is 10.7. The lowest BCUT2D eigenvalue weighted by atomic mass is 9.70. The van der Waals surface area contributed by atoms with Crippen molar-refractivity contribution in [3.63, 3.8) is 0 Å². The number of fused-ring (bicyclic) bond motifs is 1. The minimum atomic E-state index is -0.520. The van der Waals surface area contributed by atoms with Crippen LogP contribution in [0.25, 0.3) is 11.6 Å². The van der Waals surface area contributed by atoms with Crippen molar-refractivity contribution in [3.8, 4) is 23.5 Å². The average Bonchev–Trinajstić information content (AvgIpc) is 3.80. The zero-order valence-corrected chi connectivity index (χ0v) is 27.8. The second kappa shape index (κ2) is 13.4. The molecule has 6 rings (SSSR count). The van der Waals surface area contributed by atoms with Gasteiger partial charge in [0.05, 0.1) is 17.9 Å². The number of ether oxygens (including phenoxy) is 2. The normalized spacial score (nSPS) is 22.6. The average molecular weight is 647 g/mol. The molecule has 2 aliphatic heterocycles. The number of anilines is 2. The van der Waals surface area contributed by atoms with Crippen molar-refractivity contribution in [2.24, 2.45) is 0 Å². The van der Waals surface area contributed by atoms with Crippen LogP contribution in [0.4, 0.5) is 10.8 Å². The van der Waals surface area contributed by atoms with Crippen LogP contribution in [0.1, 0.15) is 61.2 Å². The number of likely N-dealkylation sites (tertiary alicyclic amines) is 1. The Morgan fingerprint density at radius 2 is 2.07 bits per heavy atom.